The molecule has 0 bridgehead atoms. The molecule has 3 nitrogen and oxygen atoms in total. The molecule has 104 valence electrons. The van der Waals surface area contributed by atoms with Gasteiger partial charge in [0.25, 0.3) is 0 Å². The van der Waals surface area contributed by atoms with Crippen LogP contribution in [0, 0.1) is 6.92 Å². The minimum Gasteiger partial charge on any atom is -0.384 e. The molecule has 2 aromatic rings. The van der Waals surface area contributed by atoms with Crippen LogP contribution in [0.15, 0.2) is 24.3 Å². The summed E-state index contributed by atoms with van der Waals surface area (Å²) in [6, 6.07) is 8.55. The molecule has 20 heavy (non-hydrogen) atoms. The van der Waals surface area contributed by atoms with Crippen molar-refractivity contribution in [1.82, 2.24) is 9.97 Å². The Morgan fingerprint density at radius 2 is 1.90 bits per heavy atom. The van der Waals surface area contributed by atoms with Crippen LogP contribution >= 0.6 is 0 Å². The van der Waals surface area contributed by atoms with Gasteiger partial charge in [-0.2, -0.15) is 0 Å². The van der Waals surface area contributed by atoms with Gasteiger partial charge in [-0.1, -0.05) is 20.8 Å². The average molecular weight is 267 g/mol. The second-order valence-electron chi connectivity index (χ2n) is 6.52. The Balaban J connectivity index is 2.08. The molecule has 0 spiro atoms. The molecular weight excluding hydrogens is 246 g/mol. The molecule has 1 aromatic carbocycles. The van der Waals surface area contributed by atoms with E-state index in [4.69, 9.17) is 4.98 Å². The molecule has 3 heteroatoms. The first kappa shape index (κ1) is 13.1. The molecule has 1 aliphatic rings. The third-order valence-electron chi connectivity index (χ3n) is 3.70. The number of rotatable bonds is 1. The largest absolute Gasteiger partial charge is 0.384 e. The lowest BCUT2D eigenvalue weighted by Crippen LogP contribution is -2.15. The molecule has 0 radical (unpaired) electrons. The Bertz CT molecular complexity index is 654. The second kappa shape index (κ2) is 4.58. The summed E-state index contributed by atoms with van der Waals surface area (Å²) in [6.07, 6.45) is 1.08. The minimum atomic E-state index is 0.0424. The molecule has 1 aromatic heterocycles. The van der Waals surface area contributed by atoms with Crippen molar-refractivity contribution in [3.8, 4) is 11.4 Å². The monoisotopic (exact) mass is 267 g/mol. The summed E-state index contributed by atoms with van der Waals surface area (Å²) in [6.45, 7) is 9.62. The summed E-state index contributed by atoms with van der Waals surface area (Å²) in [4.78, 5) is 9.38. The highest BCUT2D eigenvalue weighted by Gasteiger charge is 2.18. The smallest absolute Gasteiger partial charge is 0.159 e. The molecule has 0 unspecified atom stereocenters. The first-order valence-corrected chi connectivity index (χ1v) is 7.17. The molecule has 1 N–H and O–H groups in total. The van der Waals surface area contributed by atoms with Crippen LogP contribution < -0.4 is 5.32 Å². The highest BCUT2D eigenvalue weighted by atomic mass is 14.9. The topological polar surface area (TPSA) is 37.8 Å². The van der Waals surface area contributed by atoms with E-state index in [-0.39, 0.29) is 5.41 Å². The zero-order chi connectivity index (χ0) is 14.3. The van der Waals surface area contributed by atoms with Gasteiger partial charge in [-0.05, 0) is 43.2 Å². The second-order valence-corrected chi connectivity index (χ2v) is 6.52. The fourth-order valence-electron chi connectivity index (χ4n) is 2.53. The third-order valence-corrected chi connectivity index (χ3v) is 3.70. The van der Waals surface area contributed by atoms with Crippen molar-refractivity contribution in [2.24, 2.45) is 0 Å². The maximum Gasteiger partial charge on any atom is 0.159 e. The number of aryl methyl sites for hydroxylation is 1. The van der Waals surface area contributed by atoms with Crippen molar-refractivity contribution in [3.05, 3.63) is 41.2 Å². The fourth-order valence-corrected chi connectivity index (χ4v) is 2.53. The van der Waals surface area contributed by atoms with Crippen molar-refractivity contribution in [2.45, 2.75) is 39.5 Å². The Hall–Kier alpha value is -1.90. The fraction of sp³-hybridized carbons (Fsp3) is 0.412. The predicted molar refractivity (Wildman–Crippen MR) is 83.1 cm³/mol. The summed E-state index contributed by atoms with van der Waals surface area (Å²) in [7, 11) is 0. The van der Waals surface area contributed by atoms with E-state index in [1.54, 1.807) is 0 Å². The first-order chi connectivity index (χ1) is 9.43. The van der Waals surface area contributed by atoms with Crippen LogP contribution in [0.3, 0.4) is 0 Å². The molecule has 3 rings (SSSR count). The maximum absolute atomic E-state index is 4.77. The van der Waals surface area contributed by atoms with E-state index in [0.717, 1.165) is 35.7 Å². The third kappa shape index (κ3) is 2.40. The average Bonchev–Trinajstić information content (AvgIpc) is 2.84. The summed E-state index contributed by atoms with van der Waals surface area (Å²) in [5, 5.41) is 3.38. The van der Waals surface area contributed by atoms with E-state index in [1.807, 2.05) is 6.92 Å². The SMILES string of the molecule is Cc1cc(C(C)(C)C)nc(-c2ccc3c(c2)CCN3)n1. The normalized spacial score (nSPS) is 14.0. The number of nitrogens with one attached hydrogen (secondary N) is 1. The van der Waals surface area contributed by atoms with Crippen molar-refractivity contribution < 1.29 is 0 Å². The molecule has 0 saturated heterocycles. The van der Waals surface area contributed by atoms with E-state index in [0.29, 0.717) is 0 Å². The van der Waals surface area contributed by atoms with Gasteiger partial charge in [-0.3, -0.25) is 0 Å². The number of hydrogen-bond acceptors (Lipinski definition) is 3. The van der Waals surface area contributed by atoms with E-state index in [9.17, 15) is 0 Å². The van der Waals surface area contributed by atoms with Gasteiger partial charge in [0.1, 0.15) is 0 Å². The van der Waals surface area contributed by atoms with Crippen LogP contribution in [0.25, 0.3) is 11.4 Å². The van der Waals surface area contributed by atoms with Gasteiger partial charge in [-0.15, -0.1) is 0 Å². The quantitative estimate of drug-likeness (QED) is 0.855. The van der Waals surface area contributed by atoms with Gasteiger partial charge in [0, 0.05) is 28.9 Å². The number of fused-ring (bicyclic) bond motifs is 1. The minimum absolute atomic E-state index is 0.0424. The lowest BCUT2D eigenvalue weighted by molar-refractivity contribution is 0.567. The molecule has 1 aliphatic heterocycles. The van der Waals surface area contributed by atoms with Gasteiger partial charge in [-0.25, -0.2) is 9.97 Å². The lowest BCUT2D eigenvalue weighted by atomic mass is 9.91. The zero-order valence-corrected chi connectivity index (χ0v) is 12.6. The van der Waals surface area contributed by atoms with Crippen LogP contribution in [0.2, 0.25) is 0 Å². The van der Waals surface area contributed by atoms with Crippen molar-refractivity contribution in [3.63, 3.8) is 0 Å². The molecule has 0 amide bonds. The lowest BCUT2D eigenvalue weighted by Gasteiger charge is -2.19. The van der Waals surface area contributed by atoms with E-state index < -0.39 is 0 Å². The number of hydrogen-bond donors (Lipinski definition) is 1. The van der Waals surface area contributed by atoms with Gasteiger partial charge >= 0.3 is 0 Å². The standard InChI is InChI=1S/C17H21N3/c1-11-9-15(17(2,3)4)20-16(19-11)13-5-6-14-12(10-13)7-8-18-14/h5-6,9-10,18H,7-8H2,1-4H3. The summed E-state index contributed by atoms with van der Waals surface area (Å²) < 4.78 is 0. The first-order valence-electron chi connectivity index (χ1n) is 7.17. The van der Waals surface area contributed by atoms with Crippen LogP contribution in [0.4, 0.5) is 5.69 Å². The van der Waals surface area contributed by atoms with E-state index >= 15 is 0 Å². The Morgan fingerprint density at radius 3 is 2.65 bits per heavy atom. The summed E-state index contributed by atoms with van der Waals surface area (Å²) in [5.74, 6) is 0.838. The van der Waals surface area contributed by atoms with Gasteiger partial charge in [0.15, 0.2) is 5.82 Å². The molecule has 2 heterocycles. The Kier molecular flexibility index (Phi) is 3.00. The highest BCUT2D eigenvalue weighted by Crippen LogP contribution is 2.28. The highest BCUT2D eigenvalue weighted by molar-refractivity contribution is 5.66. The van der Waals surface area contributed by atoms with Gasteiger partial charge in [0.05, 0.1) is 5.69 Å². The molecule has 0 atom stereocenters. The Morgan fingerprint density at radius 1 is 1.10 bits per heavy atom. The predicted octanol–water partition coefficient (Wildman–Crippen LogP) is 3.72. The van der Waals surface area contributed by atoms with Gasteiger partial charge in [0.2, 0.25) is 0 Å². The summed E-state index contributed by atoms with van der Waals surface area (Å²) >= 11 is 0. The number of anilines is 1. The molecule has 0 fully saturated rings. The van der Waals surface area contributed by atoms with E-state index in [1.165, 1.54) is 11.3 Å². The molecule has 0 saturated carbocycles. The number of aromatic nitrogens is 2. The maximum atomic E-state index is 4.77. The van der Waals surface area contributed by atoms with Crippen LogP contribution in [0.1, 0.15) is 37.7 Å². The van der Waals surface area contributed by atoms with Crippen molar-refractivity contribution in [2.75, 3.05) is 11.9 Å². The van der Waals surface area contributed by atoms with Crippen LogP contribution in [-0.2, 0) is 11.8 Å². The number of nitrogens with zero attached hydrogens (tertiary/aromatic N) is 2. The zero-order valence-electron chi connectivity index (χ0n) is 12.6. The molecular formula is C17H21N3. The van der Waals surface area contributed by atoms with Gasteiger partial charge < -0.3 is 5.32 Å². The van der Waals surface area contributed by atoms with E-state index in [2.05, 4.69) is 55.3 Å². The Labute approximate surface area is 120 Å². The van der Waals surface area contributed by atoms with Crippen molar-refractivity contribution in [1.29, 1.82) is 0 Å². The summed E-state index contributed by atoms with van der Waals surface area (Å²) in [5.41, 5.74) is 5.89. The molecule has 0 aliphatic carbocycles. The van der Waals surface area contributed by atoms with Crippen LogP contribution in [0.5, 0.6) is 0 Å². The van der Waals surface area contributed by atoms with Crippen LogP contribution in [-0.4, -0.2) is 16.5 Å². The van der Waals surface area contributed by atoms with Crippen molar-refractivity contribution >= 4 is 5.69 Å². The number of benzene rings is 1.